The molecule has 0 saturated carbocycles. The van der Waals surface area contributed by atoms with Crippen LogP contribution in [0.15, 0.2) is 36.4 Å². The van der Waals surface area contributed by atoms with Gasteiger partial charge in [0.05, 0.1) is 0 Å². The maximum atomic E-state index is 11.9. The van der Waals surface area contributed by atoms with Gasteiger partial charge < -0.3 is 9.47 Å². The number of benzene rings is 2. The van der Waals surface area contributed by atoms with Crippen molar-refractivity contribution in [2.45, 2.75) is 27.7 Å². The van der Waals surface area contributed by atoms with Gasteiger partial charge in [0.25, 0.3) is 0 Å². The molecule has 0 aliphatic carbocycles. The molecular weight excluding hydrogens is 264 g/mol. The fourth-order valence-corrected chi connectivity index (χ4v) is 2.08. The number of esters is 1. The second-order valence-corrected chi connectivity index (χ2v) is 5.23. The zero-order valence-corrected chi connectivity index (χ0v) is 12.9. The van der Waals surface area contributed by atoms with Crippen LogP contribution in [-0.4, -0.2) is 12.6 Å². The molecule has 0 atom stereocenters. The molecule has 2 aromatic carbocycles. The van der Waals surface area contributed by atoms with E-state index < -0.39 is 5.97 Å². The van der Waals surface area contributed by atoms with Crippen molar-refractivity contribution in [3.63, 3.8) is 0 Å². The van der Waals surface area contributed by atoms with Crippen LogP contribution in [0.3, 0.4) is 0 Å². The average Bonchev–Trinajstić information content (AvgIpc) is 2.43. The Balaban J connectivity index is 1.97. The minimum absolute atomic E-state index is 0.0999. The Labute approximate surface area is 125 Å². The second-order valence-electron chi connectivity index (χ2n) is 5.23. The van der Waals surface area contributed by atoms with Crippen LogP contribution >= 0.6 is 0 Å². The van der Waals surface area contributed by atoms with Crippen molar-refractivity contribution >= 4 is 5.97 Å². The highest BCUT2D eigenvalue weighted by atomic mass is 16.6. The molecule has 110 valence electrons. The van der Waals surface area contributed by atoms with Crippen molar-refractivity contribution in [1.29, 1.82) is 0 Å². The highest BCUT2D eigenvalue weighted by molar-refractivity contribution is 5.74. The molecule has 0 aliphatic heterocycles. The molecule has 3 heteroatoms. The van der Waals surface area contributed by atoms with Crippen LogP contribution in [0, 0.1) is 27.7 Å². The van der Waals surface area contributed by atoms with Gasteiger partial charge in [0.1, 0.15) is 11.5 Å². The first kappa shape index (κ1) is 15.1. The predicted octanol–water partition coefficient (Wildman–Crippen LogP) is 3.90. The Morgan fingerprint density at radius 2 is 1.71 bits per heavy atom. The topological polar surface area (TPSA) is 35.5 Å². The lowest BCUT2D eigenvalue weighted by molar-refractivity contribution is -0.136. The van der Waals surface area contributed by atoms with Gasteiger partial charge in [0.2, 0.25) is 0 Å². The fourth-order valence-electron chi connectivity index (χ4n) is 2.08. The van der Waals surface area contributed by atoms with E-state index in [4.69, 9.17) is 9.47 Å². The Kier molecular flexibility index (Phi) is 4.63. The summed E-state index contributed by atoms with van der Waals surface area (Å²) in [6.07, 6.45) is 0. The quantitative estimate of drug-likeness (QED) is 0.631. The molecule has 3 nitrogen and oxygen atoms in total. The van der Waals surface area contributed by atoms with E-state index in [9.17, 15) is 4.79 Å². The van der Waals surface area contributed by atoms with Crippen LogP contribution < -0.4 is 9.47 Å². The number of hydrogen-bond donors (Lipinski definition) is 0. The highest BCUT2D eigenvalue weighted by Crippen LogP contribution is 2.21. The van der Waals surface area contributed by atoms with Gasteiger partial charge >= 0.3 is 5.97 Å². The molecule has 0 unspecified atom stereocenters. The summed E-state index contributed by atoms with van der Waals surface area (Å²) < 4.78 is 10.9. The van der Waals surface area contributed by atoms with Crippen molar-refractivity contribution in [3.8, 4) is 11.5 Å². The Morgan fingerprint density at radius 1 is 0.952 bits per heavy atom. The van der Waals surface area contributed by atoms with Gasteiger partial charge in [-0.05, 0) is 56.5 Å². The first-order valence-corrected chi connectivity index (χ1v) is 6.94. The van der Waals surface area contributed by atoms with Crippen LogP contribution in [0.1, 0.15) is 22.3 Å². The van der Waals surface area contributed by atoms with E-state index in [1.165, 1.54) is 0 Å². The van der Waals surface area contributed by atoms with Crippen LogP contribution in [0.25, 0.3) is 0 Å². The molecule has 0 spiro atoms. The number of carbonyl (C=O) groups excluding carboxylic acids is 1. The molecule has 0 amide bonds. The molecule has 2 rings (SSSR count). The number of carbonyl (C=O) groups is 1. The largest absolute Gasteiger partial charge is 0.482 e. The molecule has 0 N–H and O–H groups in total. The Morgan fingerprint density at radius 3 is 2.43 bits per heavy atom. The smallest absolute Gasteiger partial charge is 0.349 e. The molecule has 0 saturated heterocycles. The third-order valence-corrected chi connectivity index (χ3v) is 3.45. The summed E-state index contributed by atoms with van der Waals surface area (Å²) in [7, 11) is 0. The first-order chi connectivity index (χ1) is 9.97. The summed E-state index contributed by atoms with van der Waals surface area (Å²) in [5, 5.41) is 0. The number of hydrogen-bond acceptors (Lipinski definition) is 3. The SMILES string of the molecule is Cc1ccc(OCC(=O)Oc2cccc(C)c2C)c(C)c1. The van der Waals surface area contributed by atoms with Gasteiger partial charge in [-0.3, -0.25) is 0 Å². The Hall–Kier alpha value is -2.29. The number of ether oxygens (including phenoxy) is 2. The van der Waals surface area contributed by atoms with Gasteiger partial charge in [0, 0.05) is 0 Å². The average molecular weight is 284 g/mol. The highest BCUT2D eigenvalue weighted by Gasteiger charge is 2.10. The molecule has 0 bridgehead atoms. The van der Waals surface area contributed by atoms with Crippen LogP contribution in [0.4, 0.5) is 0 Å². The van der Waals surface area contributed by atoms with Gasteiger partial charge in [-0.25, -0.2) is 4.79 Å². The lowest BCUT2D eigenvalue weighted by Crippen LogP contribution is -2.18. The minimum Gasteiger partial charge on any atom is -0.482 e. The van der Waals surface area contributed by atoms with Crippen LogP contribution in [0.5, 0.6) is 11.5 Å². The zero-order valence-electron chi connectivity index (χ0n) is 12.9. The lowest BCUT2D eigenvalue weighted by Gasteiger charge is -2.11. The van der Waals surface area contributed by atoms with E-state index in [1.807, 2.05) is 58.0 Å². The fraction of sp³-hybridized carbons (Fsp3) is 0.278. The summed E-state index contributed by atoms with van der Waals surface area (Å²) in [6, 6.07) is 11.5. The normalized spacial score (nSPS) is 10.3. The third-order valence-electron chi connectivity index (χ3n) is 3.45. The van der Waals surface area contributed by atoms with Gasteiger partial charge in [-0.15, -0.1) is 0 Å². The van der Waals surface area contributed by atoms with E-state index in [0.717, 1.165) is 22.3 Å². The maximum Gasteiger partial charge on any atom is 0.349 e. The predicted molar refractivity (Wildman–Crippen MR) is 83.0 cm³/mol. The molecule has 0 radical (unpaired) electrons. The molecule has 0 heterocycles. The molecule has 21 heavy (non-hydrogen) atoms. The molecule has 0 aliphatic rings. The van der Waals surface area contributed by atoms with E-state index in [0.29, 0.717) is 11.5 Å². The molecule has 0 fully saturated rings. The summed E-state index contributed by atoms with van der Waals surface area (Å²) in [5.74, 6) is 0.895. The van der Waals surface area contributed by atoms with E-state index >= 15 is 0 Å². The lowest BCUT2D eigenvalue weighted by atomic mass is 10.1. The molecular formula is C18H20O3. The van der Waals surface area contributed by atoms with Crippen LogP contribution in [0.2, 0.25) is 0 Å². The summed E-state index contributed by atoms with van der Waals surface area (Å²) in [4.78, 5) is 11.9. The van der Waals surface area contributed by atoms with Crippen LogP contribution in [-0.2, 0) is 4.79 Å². The standard InChI is InChI=1S/C18H20O3/c1-12-8-9-16(14(3)10-12)20-11-18(19)21-17-7-5-6-13(2)15(17)4/h5-10H,11H2,1-4H3. The number of aryl methyl sites for hydroxylation is 3. The molecule has 0 aromatic heterocycles. The maximum absolute atomic E-state index is 11.9. The van der Waals surface area contributed by atoms with E-state index in [2.05, 4.69) is 0 Å². The second kappa shape index (κ2) is 6.44. The minimum atomic E-state index is -0.399. The van der Waals surface area contributed by atoms with E-state index in [1.54, 1.807) is 6.07 Å². The zero-order chi connectivity index (χ0) is 15.4. The summed E-state index contributed by atoms with van der Waals surface area (Å²) in [6.45, 7) is 7.79. The van der Waals surface area contributed by atoms with Gasteiger partial charge in [-0.2, -0.15) is 0 Å². The third kappa shape index (κ3) is 3.85. The van der Waals surface area contributed by atoms with Crippen molar-refractivity contribution in [2.24, 2.45) is 0 Å². The van der Waals surface area contributed by atoms with Crippen molar-refractivity contribution < 1.29 is 14.3 Å². The monoisotopic (exact) mass is 284 g/mol. The first-order valence-electron chi connectivity index (χ1n) is 6.94. The summed E-state index contributed by atoms with van der Waals surface area (Å²) in [5.41, 5.74) is 4.24. The van der Waals surface area contributed by atoms with Crippen molar-refractivity contribution in [2.75, 3.05) is 6.61 Å². The van der Waals surface area contributed by atoms with Gasteiger partial charge in [0.15, 0.2) is 6.61 Å². The van der Waals surface area contributed by atoms with Crippen molar-refractivity contribution in [1.82, 2.24) is 0 Å². The summed E-state index contributed by atoms with van der Waals surface area (Å²) >= 11 is 0. The number of rotatable bonds is 4. The molecule has 2 aromatic rings. The van der Waals surface area contributed by atoms with Crippen molar-refractivity contribution in [3.05, 3.63) is 58.7 Å². The van der Waals surface area contributed by atoms with E-state index in [-0.39, 0.29) is 6.61 Å². The van der Waals surface area contributed by atoms with Gasteiger partial charge in [-0.1, -0.05) is 29.8 Å². The Bertz CT molecular complexity index is 660.